The molecular formula is C20H18FN3O2. The summed E-state index contributed by atoms with van der Waals surface area (Å²) >= 11 is 0. The van der Waals surface area contributed by atoms with E-state index >= 15 is 0 Å². The molecule has 1 amide bonds. The van der Waals surface area contributed by atoms with Crippen LogP contribution in [0.15, 0.2) is 67.1 Å². The molecule has 0 saturated carbocycles. The zero-order valence-electron chi connectivity index (χ0n) is 14.2. The highest BCUT2D eigenvalue weighted by atomic mass is 19.1. The van der Waals surface area contributed by atoms with Gasteiger partial charge >= 0.3 is 0 Å². The molecule has 6 heteroatoms. The van der Waals surface area contributed by atoms with Gasteiger partial charge in [-0.15, -0.1) is 0 Å². The van der Waals surface area contributed by atoms with E-state index in [1.165, 1.54) is 12.1 Å². The molecule has 0 bridgehead atoms. The number of pyridine rings is 2. The van der Waals surface area contributed by atoms with Crippen LogP contribution in [0.2, 0.25) is 0 Å². The molecule has 3 rings (SSSR count). The van der Waals surface area contributed by atoms with Crippen molar-refractivity contribution in [2.75, 3.05) is 0 Å². The second-order valence-electron chi connectivity index (χ2n) is 5.70. The van der Waals surface area contributed by atoms with Crippen molar-refractivity contribution in [3.63, 3.8) is 0 Å². The van der Waals surface area contributed by atoms with Gasteiger partial charge in [-0.05, 0) is 48.9 Å². The molecule has 0 aliphatic heterocycles. The zero-order chi connectivity index (χ0) is 18.4. The third kappa shape index (κ3) is 4.42. The van der Waals surface area contributed by atoms with Gasteiger partial charge in [0.25, 0.3) is 5.91 Å². The number of hydrogen-bond acceptors (Lipinski definition) is 4. The predicted octanol–water partition coefficient (Wildman–Crippen LogP) is 3.37. The first-order valence-corrected chi connectivity index (χ1v) is 8.17. The first kappa shape index (κ1) is 17.5. The third-order valence-corrected chi connectivity index (χ3v) is 3.76. The summed E-state index contributed by atoms with van der Waals surface area (Å²) in [6.45, 7) is 1.90. The Morgan fingerprint density at radius 2 is 2.04 bits per heavy atom. The molecule has 1 N–H and O–H groups in total. The molecule has 1 aromatic carbocycles. The number of hydrogen-bond donors (Lipinski definition) is 1. The number of amides is 1. The maximum atomic E-state index is 13.6. The highest BCUT2D eigenvalue weighted by molar-refractivity contribution is 5.80. The Balaban J connectivity index is 1.60. The van der Waals surface area contributed by atoms with E-state index in [0.717, 1.165) is 16.8 Å². The van der Waals surface area contributed by atoms with E-state index in [2.05, 4.69) is 15.3 Å². The molecule has 132 valence electrons. The Bertz CT molecular complexity index is 887. The van der Waals surface area contributed by atoms with Crippen molar-refractivity contribution in [3.05, 3.63) is 78.5 Å². The van der Waals surface area contributed by atoms with Crippen LogP contribution in [0.1, 0.15) is 12.5 Å². The smallest absolute Gasteiger partial charge is 0.261 e. The molecule has 5 nitrogen and oxygen atoms in total. The molecule has 0 spiro atoms. The molecule has 0 radical (unpaired) electrons. The first-order valence-electron chi connectivity index (χ1n) is 8.17. The van der Waals surface area contributed by atoms with Gasteiger partial charge < -0.3 is 10.1 Å². The molecule has 2 heterocycles. The Hall–Kier alpha value is -3.28. The molecule has 2 aromatic heterocycles. The molecule has 0 fully saturated rings. The van der Waals surface area contributed by atoms with Crippen LogP contribution in [-0.2, 0) is 11.3 Å². The lowest BCUT2D eigenvalue weighted by Gasteiger charge is -2.15. The molecule has 1 atom stereocenters. The second kappa shape index (κ2) is 8.20. The van der Waals surface area contributed by atoms with Crippen LogP contribution in [0, 0.1) is 5.82 Å². The van der Waals surface area contributed by atoms with Crippen LogP contribution >= 0.6 is 0 Å². The topological polar surface area (TPSA) is 64.1 Å². The summed E-state index contributed by atoms with van der Waals surface area (Å²) in [6.07, 6.45) is 4.30. The standard InChI is InChI=1S/C20H18FN3O2/c1-14(26-19-7-3-2-6-17(19)21)20(25)24-12-15-8-10-23-18(11-15)16-5-4-9-22-13-16/h2-11,13-14H,12H2,1H3,(H,24,25). The van der Waals surface area contributed by atoms with Gasteiger partial charge in [0.1, 0.15) is 0 Å². The van der Waals surface area contributed by atoms with Crippen LogP contribution in [0.3, 0.4) is 0 Å². The minimum Gasteiger partial charge on any atom is -0.478 e. The summed E-state index contributed by atoms with van der Waals surface area (Å²) in [6, 6.07) is 13.5. The SMILES string of the molecule is CC(Oc1ccccc1F)C(=O)NCc1ccnc(-c2cccnc2)c1. The number of rotatable bonds is 6. The van der Waals surface area contributed by atoms with Crippen molar-refractivity contribution in [2.24, 2.45) is 0 Å². The highest BCUT2D eigenvalue weighted by Crippen LogP contribution is 2.18. The van der Waals surface area contributed by atoms with Gasteiger partial charge in [0.05, 0.1) is 5.69 Å². The number of aromatic nitrogens is 2. The number of carbonyl (C=O) groups excluding carboxylic acids is 1. The summed E-state index contributed by atoms with van der Waals surface area (Å²) in [5.74, 6) is -0.770. The van der Waals surface area contributed by atoms with E-state index in [-0.39, 0.29) is 11.7 Å². The van der Waals surface area contributed by atoms with E-state index in [1.54, 1.807) is 37.6 Å². The van der Waals surface area contributed by atoms with Gasteiger partial charge in [-0.25, -0.2) is 4.39 Å². The largest absolute Gasteiger partial charge is 0.478 e. The quantitative estimate of drug-likeness (QED) is 0.740. The fourth-order valence-corrected chi connectivity index (χ4v) is 2.37. The Morgan fingerprint density at radius 1 is 1.19 bits per heavy atom. The number of halogens is 1. The van der Waals surface area contributed by atoms with Gasteiger partial charge in [-0.2, -0.15) is 0 Å². The Labute approximate surface area is 150 Å². The average Bonchev–Trinajstić information content (AvgIpc) is 2.68. The van der Waals surface area contributed by atoms with E-state index in [1.807, 2.05) is 24.3 Å². The van der Waals surface area contributed by atoms with Crippen molar-refractivity contribution in [3.8, 4) is 17.0 Å². The van der Waals surface area contributed by atoms with Crippen LogP contribution in [-0.4, -0.2) is 22.0 Å². The minimum atomic E-state index is -0.813. The fraction of sp³-hybridized carbons (Fsp3) is 0.150. The summed E-state index contributed by atoms with van der Waals surface area (Å²) in [5.41, 5.74) is 2.57. The number of nitrogens with one attached hydrogen (secondary N) is 1. The van der Waals surface area contributed by atoms with Crippen molar-refractivity contribution in [1.29, 1.82) is 0 Å². The van der Waals surface area contributed by atoms with E-state index in [0.29, 0.717) is 6.54 Å². The van der Waals surface area contributed by atoms with Crippen molar-refractivity contribution >= 4 is 5.91 Å². The maximum absolute atomic E-state index is 13.6. The molecule has 26 heavy (non-hydrogen) atoms. The van der Waals surface area contributed by atoms with Crippen molar-refractivity contribution in [1.82, 2.24) is 15.3 Å². The Morgan fingerprint density at radius 3 is 2.81 bits per heavy atom. The lowest BCUT2D eigenvalue weighted by Crippen LogP contribution is -2.36. The van der Waals surface area contributed by atoms with Crippen LogP contribution in [0.5, 0.6) is 5.75 Å². The van der Waals surface area contributed by atoms with Gasteiger partial charge in [-0.3, -0.25) is 14.8 Å². The van der Waals surface area contributed by atoms with Crippen molar-refractivity contribution < 1.29 is 13.9 Å². The van der Waals surface area contributed by atoms with Crippen LogP contribution in [0.25, 0.3) is 11.3 Å². The zero-order valence-corrected chi connectivity index (χ0v) is 14.2. The van der Waals surface area contributed by atoms with Crippen LogP contribution < -0.4 is 10.1 Å². The molecular weight excluding hydrogens is 333 g/mol. The van der Waals surface area contributed by atoms with E-state index in [9.17, 15) is 9.18 Å². The number of carbonyl (C=O) groups is 1. The first-order chi connectivity index (χ1) is 12.6. The second-order valence-corrected chi connectivity index (χ2v) is 5.70. The number of benzene rings is 1. The highest BCUT2D eigenvalue weighted by Gasteiger charge is 2.16. The Kier molecular flexibility index (Phi) is 5.53. The summed E-state index contributed by atoms with van der Waals surface area (Å²) in [4.78, 5) is 20.6. The fourth-order valence-electron chi connectivity index (χ4n) is 2.37. The maximum Gasteiger partial charge on any atom is 0.261 e. The molecule has 1 unspecified atom stereocenters. The molecule has 0 aliphatic carbocycles. The van der Waals surface area contributed by atoms with Gasteiger partial charge in [0.2, 0.25) is 0 Å². The predicted molar refractivity (Wildman–Crippen MR) is 95.8 cm³/mol. The summed E-state index contributed by atoms with van der Waals surface area (Å²) in [7, 11) is 0. The lowest BCUT2D eigenvalue weighted by atomic mass is 10.1. The molecule has 0 aliphatic rings. The average molecular weight is 351 g/mol. The normalized spacial score (nSPS) is 11.6. The third-order valence-electron chi connectivity index (χ3n) is 3.76. The molecule has 3 aromatic rings. The number of nitrogens with zero attached hydrogens (tertiary/aromatic N) is 2. The van der Waals surface area contributed by atoms with E-state index < -0.39 is 11.9 Å². The molecule has 0 saturated heterocycles. The van der Waals surface area contributed by atoms with Crippen LogP contribution in [0.4, 0.5) is 4.39 Å². The van der Waals surface area contributed by atoms with E-state index in [4.69, 9.17) is 4.74 Å². The summed E-state index contributed by atoms with van der Waals surface area (Å²) in [5, 5.41) is 2.79. The summed E-state index contributed by atoms with van der Waals surface area (Å²) < 4.78 is 19.0. The number of ether oxygens (including phenoxy) is 1. The monoisotopic (exact) mass is 351 g/mol. The van der Waals surface area contributed by atoms with Crippen molar-refractivity contribution in [2.45, 2.75) is 19.6 Å². The number of para-hydroxylation sites is 1. The van der Waals surface area contributed by atoms with Gasteiger partial charge in [0.15, 0.2) is 17.7 Å². The van der Waals surface area contributed by atoms with Gasteiger partial charge in [-0.1, -0.05) is 12.1 Å². The van der Waals surface area contributed by atoms with Gasteiger partial charge in [0, 0.05) is 30.7 Å². The lowest BCUT2D eigenvalue weighted by molar-refractivity contribution is -0.127. The minimum absolute atomic E-state index is 0.0536.